The molecular weight excluding hydrogens is 486 g/mol. The summed E-state index contributed by atoms with van der Waals surface area (Å²) in [6, 6.07) is 7.25. The number of hydrogen-bond donors (Lipinski definition) is 3. The summed E-state index contributed by atoms with van der Waals surface area (Å²) in [5, 5.41) is 8.13. The molecule has 0 saturated carbocycles. The van der Waals surface area contributed by atoms with Gasteiger partial charge >= 0.3 is 17.9 Å². The van der Waals surface area contributed by atoms with Crippen molar-refractivity contribution in [2.45, 2.75) is 71.9 Å². The first-order chi connectivity index (χ1) is 17.9. The van der Waals surface area contributed by atoms with Crippen LogP contribution in [-0.4, -0.2) is 45.8 Å². The fourth-order valence-electron chi connectivity index (χ4n) is 4.82. The molecule has 0 radical (unpaired) electrons. The number of nitrogens with zero attached hydrogens (tertiary/aromatic N) is 2. The van der Waals surface area contributed by atoms with Crippen LogP contribution >= 0.6 is 0 Å². The SMILES string of the molecule is Cc1cc(NC(=O)C(=O)N2C[C@H](C)CC[C@H]2c2ccc3c(c2)CCC(=O)N3)cnc1NC(=O)OC(C)(C)C. The Morgan fingerprint density at radius 2 is 1.87 bits per heavy atom. The number of carbonyl (C=O) groups excluding carboxylic acids is 4. The lowest BCUT2D eigenvalue weighted by Crippen LogP contribution is -2.46. The van der Waals surface area contributed by atoms with Crippen molar-refractivity contribution >= 4 is 41.0 Å². The molecule has 1 saturated heterocycles. The number of rotatable bonds is 3. The Kier molecular flexibility index (Phi) is 7.71. The van der Waals surface area contributed by atoms with Crippen molar-refractivity contribution in [3.8, 4) is 0 Å². The molecule has 1 fully saturated rings. The molecule has 2 aromatic rings. The van der Waals surface area contributed by atoms with Crippen molar-refractivity contribution in [3.63, 3.8) is 0 Å². The van der Waals surface area contributed by atoms with Crippen LogP contribution in [0.1, 0.15) is 69.7 Å². The second-order valence-corrected chi connectivity index (χ2v) is 11.1. The summed E-state index contributed by atoms with van der Waals surface area (Å²) in [6.07, 6.45) is 3.53. The highest BCUT2D eigenvalue weighted by Gasteiger charge is 2.35. The predicted molar refractivity (Wildman–Crippen MR) is 144 cm³/mol. The van der Waals surface area contributed by atoms with E-state index in [0.29, 0.717) is 36.5 Å². The van der Waals surface area contributed by atoms with E-state index >= 15 is 0 Å². The third-order valence-corrected chi connectivity index (χ3v) is 6.64. The van der Waals surface area contributed by atoms with E-state index in [1.54, 1.807) is 38.7 Å². The van der Waals surface area contributed by atoms with Crippen molar-refractivity contribution in [1.82, 2.24) is 9.88 Å². The number of pyridine rings is 1. The van der Waals surface area contributed by atoms with Crippen molar-refractivity contribution in [3.05, 3.63) is 47.2 Å². The highest BCUT2D eigenvalue weighted by molar-refractivity contribution is 6.39. The highest BCUT2D eigenvalue weighted by atomic mass is 16.6. The van der Waals surface area contributed by atoms with Gasteiger partial charge in [-0.1, -0.05) is 19.1 Å². The maximum absolute atomic E-state index is 13.4. The minimum absolute atomic E-state index is 0.00333. The molecule has 2 atom stereocenters. The summed E-state index contributed by atoms with van der Waals surface area (Å²) in [4.78, 5) is 56.0. The van der Waals surface area contributed by atoms with E-state index in [1.807, 2.05) is 18.2 Å². The molecule has 1 aromatic carbocycles. The number of fused-ring (bicyclic) bond motifs is 1. The summed E-state index contributed by atoms with van der Waals surface area (Å²) >= 11 is 0. The number of aromatic nitrogens is 1. The third kappa shape index (κ3) is 6.48. The number of amides is 4. The smallest absolute Gasteiger partial charge is 0.413 e. The average Bonchev–Trinajstić information content (AvgIpc) is 2.83. The molecule has 4 amide bonds. The third-order valence-electron chi connectivity index (χ3n) is 6.64. The average molecular weight is 522 g/mol. The van der Waals surface area contributed by atoms with Crippen molar-refractivity contribution in [1.29, 1.82) is 0 Å². The van der Waals surface area contributed by atoms with Crippen LogP contribution in [0.3, 0.4) is 0 Å². The van der Waals surface area contributed by atoms with Gasteiger partial charge in [0.15, 0.2) is 0 Å². The molecular formula is C28H35N5O5. The lowest BCUT2D eigenvalue weighted by Gasteiger charge is -2.39. The van der Waals surface area contributed by atoms with E-state index in [2.05, 4.69) is 27.9 Å². The normalized spacial score (nSPS) is 19.2. The van der Waals surface area contributed by atoms with E-state index in [-0.39, 0.29) is 17.9 Å². The van der Waals surface area contributed by atoms with Gasteiger partial charge in [-0.05, 0) is 81.7 Å². The molecule has 2 aliphatic rings. The zero-order valence-electron chi connectivity index (χ0n) is 22.5. The standard InChI is InChI=1S/C28H35N5O5/c1-16-6-10-22(19-7-9-21-18(13-19)8-11-23(34)31-21)33(15-16)26(36)25(35)30-20-12-17(2)24(29-14-20)32-27(37)38-28(3,4)5/h7,9,12-14,16,22H,6,8,10-11,15H2,1-5H3,(H,30,35)(H,31,34)(H,29,32,37)/t16-,22+/m1/s1. The Bertz CT molecular complexity index is 1270. The van der Waals surface area contributed by atoms with Gasteiger partial charge in [-0.15, -0.1) is 0 Å². The van der Waals surface area contributed by atoms with Crippen LogP contribution in [0.4, 0.5) is 22.0 Å². The predicted octanol–water partition coefficient (Wildman–Crippen LogP) is 4.56. The van der Waals surface area contributed by atoms with E-state index in [4.69, 9.17) is 4.74 Å². The summed E-state index contributed by atoms with van der Waals surface area (Å²) in [5.41, 5.74) is 3.11. The second kappa shape index (κ2) is 10.8. The molecule has 10 nitrogen and oxygen atoms in total. The van der Waals surface area contributed by atoms with Gasteiger partial charge in [0.05, 0.1) is 17.9 Å². The number of anilines is 3. The number of nitrogens with one attached hydrogen (secondary N) is 3. The molecule has 0 spiro atoms. The van der Waals surface area contributed by atoms with Crippen LogP contribution in [-0.2, 0) is 25.5 Å². The first kappa shape index (κ1) is 27.1. The Morgan fingerprint density at radius 1 is 1.11 bits per heavy atom. The first-order valence-corrected chi connectivity index (χ1v) is 12.9. The summed E-state index contributed by atoms with van der Waals surface area (Å²) in [7, 11) is 0. The minimum atomic E-state index is -0.747. The summed E-state index contributed by atoms with van der Waals surface area (Å²) in [6.45, 7) is 9.57. The maximum atomic E-state index is 13.4. The zero-order chi connectivity index (χ0) is 27.6. The summed E-state index contributed by atoms with van der Waals surface area (Å²) in [5.74, 6) is -0.785. The molecule has 0 aliphatic carbocycles. The van der Waals surface area contributed by atoms with Gasteiger partial charge in [-0.3, -0.25) is 19.7 Å². The maximum Gasteiger partial charge on any atom is 0.413 e. The highest BCUT2D eigenvalue weighted by Crippen LogP contribution is 2.36. The van der Waals surface area contributed by atoms with Gasteiger partial charge < -0.3 is 20.3 Å². The fourth-order valence-corrected chi connectivity index (χ4v) is 4.82. The van der Waals surface area contributed by atoms with Crippen LogP contribution < -0.4 is 16.0 Å². The molecule has 0 unspecified atom stereocenters. The van der Waals surface area contributed by atoms with Gasteiger partial charge in [0.2, 0.25) is 5.91 Å². The number of hydrogen-bond acceptors (Lipinski definition) is 6. The Morgan fingerprint density at radius 3 is 2.58 bits per heavy atom. The zero-order valence-corrected chi connectivity index (χ0v) is 22.5. The first-order valence-electron chi connectivity index (χ1n) is 12.9. The monoisotopic (exact) mass is 521 g/mol. The Balaban J connectivity index is 1.46. The fraction of sp³-hybridized carbons (Fsp3) is 0.464. The van der Waals surface area contributed by atoms with Crippen LogP contribution in [0.25, 0.3) is 0 Å². The number of likely N-dealkylation sites (tertiary alicyclic amines) is 1. The lowest BCUT2D eigenvalue weighted by atomic mass is 9.88. The largest absolute Gasteiger partial charge is 0.444 e. The lowest BCUT2D eigenvalue weighted by molar-refractivity contribution is -0.146. The minimum Gasteiger partial charge on any atom is -0.444 e. The number of ether oxygens (including phenoxy) is 1. The van der Waals surface area contributed by atoms with Crippen LogP contribution in [0.5, 0.6) is 0 Å². The van der Waals surface area contributed by atoms with E-state index < -0.39 is 23.5 Å². The van der Waals surface area contributed by atoms with Crippen LogP contribution in [0.2, 0.25) is 0 Å². The summed E-state index contributed by atoms with van der Waals surface area (Å²) < 4.78 is 5.25. The van der Waals surface area contributed by atoms with Crippen molar-refractivity contribution < 1.29 is 23.9 Å². The van der Waals surface area contributed by atoms with Gasteiger partial charge in [0.25, 0.3) is 0 Å². The van der Waals surface area contributed by atoms with Gasteiger partial charge in [-0.25, -0.2) is 9.78 Å². The number of aryl methyl sites for hydroxylation is 2. The quantitative estimate of drug-likeness (QED) is 0.508. The van der Waals surface area contributed by atoms with E-state index in [9.17, 15) is 19.2 Å². The van der Waals surface area contributed by atoms with Crippen LogP contribution in [0.15, 0.2) is 30.5 Å². The van der Waals surface area contributed by atoms with E-state index in [0.717, 1.165) is 29.7 Å². The molecule has 3 heterocycles. The molecule has 3 N–H and O–H groups in total. The van der Waals surface area contributed by atoms with Gasteiger partial charge in [0.1, 0.15) is 11.4 Å². The molecule has 1 aromatic heterocycles. The topological polar surface area (TPSA) is 130 Å². The molecule has 0 bridgehead atoms. The number of piperidine rings is 1. The number of benzene rings is 1. The Labute approximate surface area is 222 Å². The molecule has 2 aliphatic heterocycles. The van der Waals surface area contributed by atoms with Gasteiger partial charge in [-0.2, -0.15) is 0 Å². The van der Waals surface area contributed by atoms with Crippen LogP contribution in [0, 0.1) is 12.8 Å². The molecule has 10 heteroatoms. The van der Waals surface area contributed by atoms with Gasteiger partial charge in [0, 0.05) is 18.7 Å². The number of carbonyl (C=O) groups is 4. The molecule has 38 heavy (non-hydrogen) atoms. The van der Waals surface area contributed by atoms with Crippen molar-refractivity contribution in [2.75, 3.05) is 22.5 Å². The molecule has 4 rings (SSSR count). The van der Waals surface area contributed by atoms with Crippen molar-refractivity contribution in [2.24, 2.45) is 5.92 Å². The molecule has 202 valence electrons. The Hall–Kier alpha value is -3.95. The second-order valence-electron chi connectivity index (χ2n) is 11.1. The van der Waals surface area contributed by atoms with E-state index in [1.165, 1.54) is 6.20 Å².